The number of rotatable bonds is 4. The molecule has 0 fully saturated rings. The van der Waals surface area contributed by atoms with Gasteiger partial charge in [0.05, 0.1) is 10.7 Å². The van der Waals surface area contributed by atoms with E-state index in [1.54, 1.807) is 24.3 Å². The third-order valence-electron chi connectivity index (χ3n) is 3.12. The molecule has 0 atom stereocenters. The zero-order valence-electron chi connectivity index (χ0n) is 10.3. The van der Waals surface area contributed by atoms with Crippen LogP contribution in [-0.4, -0.2) is 19.5 Å². The molecule has 2 N–H and O–H groups in total. The van der Waals surface area contributed by atoms with Crippen LogP contribution >= 0.6 is 0 Å². The van der Waals surface area contributed by atoms with Crippen LogP contribution in [0.15, 0.2) is 40.8 Å². The molecule has 0 bridgehead atoms. The molecular formula is C13H15NO4S. The van der Waals surface area contributed by atoms with Gasteiger partial charge < -0.3 is 0 Å². The van der Waals surface area contributed by atoms with Gasteiger partial charge in [-0.2, -0.15) is 0 Å². The number of hydrogen-bond donors (Lipinski definition) is 2. The Balaban J connectivity index is 2.31. The number of carbonyl (C=O) groups is 1. The van der Waals surface area contributed by atoms with Gasteiger partial charge in [0.1, 0.15) is 0 Å². The standard InChI is InChI=1S/C13H15NO4S/c15-13(14-16)11-7-4-8-12(11)19(17,18)9-10-5-2-1-3-6-10/h1-3,5-6,16H,4,7-9H2,(H,14,15). The molecule has 0 radical (unpaired) electrons. The van der Waals surface area contributed by atoms with E-state index in [4.69, 9.17) is 5.21 Å². The molecule has 0 saturated heterocycles. The molecule has 1 aliphatic carbocycles. The maximum absolute atomic E-state index is 12.3. The zero-order valence-corrected chi connectivity index (χ0v) is 11.1. The van der Waals surface area contributed by atoms with Crippen molar-refractivity contribution in [3.8, 4) is 0 Å². The van der Waals surface area contributed by atoms with Crippen molar-refractivity contribution in [2.24, 2.45) is 0 Å². The first-order valence-electron chi connectivity index (χ1n) is 5.98. The molecule has 1 aromatic rings. The van der Waals surface area contributed by atoms with Crippen LogP contribution < -0.4 is 5.48 Å². The van der Waals surface area contributed by atoms with Gasteiger partial charge in [-0.1, -0.05) is 30.3 Å². The highest BCUT2D eigenvalue weighted by molar-refractivity contribution is 7.94. The summed E-state index contributed by atoms with van der Waals surface area (Å²) in [5, 5.41) is 8.64. The second-order valence-corrected chi connectivity index (χ2v) is 6.45. The highest BCUT2D eigenvalue weighted by atomic mass is 32.2. The summed E-state index contributed by atoms with van der Waals surface area (Å²) in [5.74, 6) is -0.838. The number of hydroxylamine groups is 1. The Kier molecular flexibility index (Phi) is 4.01. The number of carbonyl (C=O) groups excluding carboxylic acids is 1. The molecular weight excluding hydrogens is 266 g/mol. The fraction of sp³-hybridized carbons (Fsp3) is 0.308. The molecule has 0 unspecified atom stereocenters. The van der Waals surface area contributed by atoms with Gasteiger partial charge in [-0.25, -0.2) is 13.9 Å². The number of nitrogens with one attached hydrogen (secondary N) is 1. The molecule has 0 saturated carbocycles. The fourth-order valence-electron chi connectivity index (χ4n) is 2.25. The average Bonchev–Trinajstić information content (AvgIpc) is 2.88. The normalized spacial score (nSPS) is 15.6. The molecule has 0 heterocycles. The number of allylic oxidation sites excluding steroid dienone is 1. The van der Waals surface area contributed by atoms with Crippen molar-refractivity contribution in [2.45, 2.75) is 25.0 Å². The number of benzene rings is 1. The van der Waals surface area contributed by atoms with Crippen LogP contribution in [0.2, 0.25) is 0 Å². The third kappa shape index (κ3) is 3.02. The molecule has 102 valence electrons. The predicted molar refractivity (Wildman–Crippen MR) is 69.9 cm³/mol. The van der Waals surface area contributed by atoms with Crippen molar-refractivity contribution < 1.29 is 18.4 Å². The largest absolute Gasteiger partial charge is 0.288 e. The van der Waals surface area contributed by atoms with E-state index in [0.29, 0.717) is 24.8 Å². The van der Waals surface area contributed by atoms with Crippen molar-refractivity contribution in [3.05, 3.63) is 46.4 Å². The third-order valence-corrected chi connectivity index (χ3v) is 5.03. The summed E-state index contributed by atoms with van der Waals surface area (Å²) in [5.41, 5.74) is 2.38. The van der Waals surface area contributed by atoms with E-state index in [0.717, 1.165) is 0 Å². The lowest BCUT2D eigenvalue weighted by molar-refractivity contribution is -0.125. The summed E-state index contributed by atoms with van der Waals surface area (Å²) < 4.78 is 24.6. The molecule has 0 aliphatic heterocycles. The van der Waals surface area contributed by atoms with Crippen molar-refractivity contribution in [3.63, 3.8) is 0 Å². The van der Waals surface area contributed by atoms with Gasteiger partial charge in [0.2, 0.25) is 0 Å². The SMILES string of the molecule is O=C(NO)C1=C(S(=O)(=O)Cc2ccccc2)CCC1. The molecule has 1 aliphatic rings. The van der Waals surface area contributed by atoms with E-state index in [1.807, 2.05) is 6.07 Å². The smallest absolute Gasteiger partial charge is 0.271 e. The minimum atomic E-state index is -3.51. The highest BCUT2D eigenvalue weighted by Gasteiger charge is 2.29. The molecule has 19 heavy (non-hydrogen) atoms. The maximum atomic E-state index is 12.3. The van der Waals surface area contributed by atoms with Crippen LogP contribution in [-0.2, 0) is 20.4 Å². The average molecular weight is 281 g/mol. The number of hydrogen-bond acceptors (Lipinski definition) is 4. The van der Waals surface area contributed by atoms with Gasteiger partial charge in [0.15, 0.2) is 9.84 Å². The first-order chi connectivity index (χ1) is 9.04. The Bertz CT molecular complexity index is 605. The second kappa shape index (κ2) is 5.54. The highest BCUT2D eigenvalue weighted by Crippen LogP contribution is 2.32. The predicted octanol–water partition coefficient (Wildman–Crippen LogP) is 1.54. The molecule has 1 aromatic carbocycles. The van der Waals surface area contributed by atoms with Gasteiger partial charge in [-0.3, -0.25) is 10.0 Å². The lowest BCUT2D eigenvalue weighted by atomic mass is 10.2. The van der Waals surface area contributed by atoms with Gasteiger partial charge in [0, 0.05) is 5.57 Å². The number of sulfone groups is 1. The summed E-state index contributed by atoms with van der Waals surface area (Å²) in [6.07, 6.45) is 1.36. The first kappa shape index (κ1) is 13.8. The second-order valence-electron chi connectivity index (χ2n) is 4.44. The Morgan fingerprint density at radius 3 is 2.53 bits per heavy atom. The van der Waals surface area contributed by atoms with E-state index in [-0.39, 0.29) is 16.2 Å². The number of amides is 1. The molecule has 0 spiro atoms. The molecule has 6 heteroatoms. The molecule has 1 amide bonds. The van der Waals surface area contributed by atoms with Gasteiger partial charge in [-0.05, 0) is 24.8 Å². The lowest BCUT2D eigenvalue weighted by Gasteiger charge is -2.08. The minimum absolute atomic E-state index is 0.120. The van der Waals surface area contributed by atoms with E-state index >= 15 is 0 Å². The molecule has 2 rings (SSSR count). The maximum Gasteiger partial charge on any atom is 0.271 e. The zero-order chi connectivity index (χ0) is 13.9. The van der Waals surface area contributed by atoms with Crippen molar-refractivity contribution in [2.75, 3.05) is 0 Å². The van der Waals surface area contributed by atoms with Gasteiger partial charge in [-0.15, -0.1) is 0 Å². The van der Waals surface area contributed by atoms with Crippen LogP contribution in [0.4, 0.5) is 0 Å². The Morgan fingerprint density at radius 1 is 1.21 bits per heavy atom. The van der Waals surface area contributed by atoms with Crippen LogP contribution in [0.1, 0.15) is 24.8 Å². The minimum Gasteiger partial charge on any atom is -0.288 e. The summed E-state index contributed by atoms with van der Waals surface area (Å²) in [6.45, 7) is 0. The van der Waals surface area contributed by atoms with Crippen LogP contribution in [0.25, 0.3) is 0 Å². The topological polar surface area (TPSA) is 83.5 Å². The Hall–Kier alpha value is -1.66. The van der Waals surface area contributed by atoms with Gasteiger partial charge >= 0.3 is 0 Å². The first-order valence-corrected chi connectivity index (χ1v) is 7.63. The van der Waals surface area contributed by atoms with E-state index in [1.165, 1.54) is 5.48 Å². The molecule has 5 nitrogen and oxygen atoms in total. The summed E-state index contributed by atoms with van der Waals surface area (Å²) >= 11 is 0. The summed E-state index contributed by atoms with van der Waals surface area (Å²) in [4.78, 5) is 11.6. The Labute approximate surface area is 111 Å². The van der Waals surface area contributed by atoms with Crippen LogP contribution in [0.3, 0.4) is 0 Å². The van der Waals surface area contributed by atoms with Crippen molar-refractivity contribution >= 4 is 15.7 Å². The summed E-state index contributed by atoms with van der Waals surface area (Å²) in [6, 6.07) is 8.83. The quantitative estimate of drug-likeness (QED) is 0.648. The lowest BCUT2D eigenvalue weighted by Crippen LogP contribution is -2.22. The Morgan fingerprint density at radius 2 is 1.89 bits per heavy atom. The van der Waals surface area contributed by atoms with E-state index in [9.17, 15) is 13.2 Å². The van der Waals surface area contributed by atoms with E-state index < -0.39 is 15.7 Å². The van der Waals surface area contributed by atoms with Crippen molar-refractivity contribution in [1.82, 2.24) is 5.48 Å². The van der Waals surface area contributed by atoms with Gasteiger partial charge in [0.25, 0.3) is 5.91 Å². The van der Waals surface area contributed by atoms with Crippen LogP contribution in [0.5, 0.6) is 0 Å². The van der Waals surface area contributed by atoms with Crippen LogP contribution in [0, 0.1) is 0 Å². The summed E-state index contributed by atoms with van der Waals surface area (Å²) in [7, 11) is -3.51. The molecule has 0 aromatic heterocycles. The van der Waals surface area contributed by atoms with Crippen molar-refractivity contribution in [1.29, 1.82) is 0 Å². The monoisotopic (exact) mass is 281 g/mol. The fourth-order valence-corrected chi connectivity index (χ4v) is 4.08. The van der Waals surface area contributed by atoms with E-state index in [2.05, 4.69) is 0 Å².